The number of aliphatic hydroxyl groups is 2. The van der Waals surface area contributed by atoms with E-state index in [9.17, 15) is 24.6 Å². The van der Waals surface area contributed by atoms with E-state index in [4.69, 9.17) is 4.74 Å². The van der Waals surface area contributed by atoms with Gasteiger partial charge in [-0.1, -0.05) is 6.07 Å². The van der Waals surface area contributed by atoms with Crippen molar-refractivity contribution in [3.8, 4) is 0 Å². The Kier molecular flexibility index (Phi) is 5.44. The number of amides is 2. The van der Waals surface area contributed by atoms with Crippen molar-refractivity contribution in [2.45, 2.75) is 45.0 Å². The van der Waals surface area contributed by atoms with Crippen molar-refractivity contribution in [1.29, 1.82) is 0 Å². The van der Waals surface area contributed by atoms with Crippen LogP contribution in [0.25, 0.3) is 0 Å². The quantitative estimate of drug-likeness (QED) is 0.590. The summed E-state index contributed by atoms with van der Waals surface area (Å²) in [6, 6.07) is 4.36. The first kappa shape index (κ1) is 18.9. The highest BCUT2D eigenvalue weighted by molar-refractivity contribution is 6.51. The zero-order valence-electron chi connectivity index (χ0n) is 14.3. The molecule has 2 rings (SSSR count). The first-order chi connectivity index (χ1) is 11.6. The minimum atomic E-state index is -1.22. The van der Waals surface area contributed by atoms with Crippen LogP contribution in [0.15, 0.2) is 18.2 Å². The van der Waals surface area contributed by atoms with Crippen molar-refractivity contribution < 1.29 is 29.3 Å². The van der Waals surface area contributed by atoms with Crippen LogP contribution in [0, 0.1) is 0 Å². The van der Waals surface area contributed by atoms with E-state index in [1.54, 1.807) is 20.8 Å². The number of nitrogens with one attached hydrogen (secondary N) is 2. The van der Waals surface area contributed by atoms with Gasteiger partial charge in [-0.3, -0.25) is 9.59 Å². The SMILES string of the molecule is CC(C)(C)OC(=O)NCCC(O)C(O)c1ccc2c(c1)NC(=O)C2=O. The molecule has 0 fully saturated rings. The Labute approximate surface area is 145 Å². The maximum atomic E-state index is 11.5. The number of hydrogen-bond acceptors (Lipinski definition) is 6. The minimum absolute atomic E-state index is 0.1000. The lowest BCUT2D eigenvalue weighted by Gasteiger charge is -2.21. The maximum absolute atomic E-state index is 11.5. The predicted molar refractivity (Wildman–Crippen MR) is 89.2 cm³/mol. The first-order valence-corrected chi connectivity index (χ1v) is 7.91. The highest BCUT2D eigenvalue weighted by Gasteiger charge is 2.29. The summed E-state index contributed by atoms with van der Waals surface area (Å²) < 4.78 is 5.07. The van der Waals surface area contributed by atoms with Crippen LogP contribution in [0.1, 0.15) is 49.2 Å². The Morgan fingerprint density at radius 2 is 1.96 bits per heavy atom. The zero-order chi connectivity index (χ0) is 18.8. The number of carbonyl (C=O) groups is 3. The van der Waals surface area contributed by atoms with Crippen LogP contribution < -0.4 is 10.6 Å². The fourth-order valence-electron chi connectivity index (χ4n) is 2.36. The third-order valence-corrected chi connectivity index (χ3v) is 3.56. The molecule has 4 N–H and O–H groups in total. The molecular weight excluding hydrogens is 328 g/mol. The summed E-state index contributed by atoms with van der Waals surface area (Å²) in [5.74, 6) is -1.35. The molecule has 0 saturated heterocycles. The number of rotatable bonds is 5. The fraction of sp³-hybridized carbons (Fsp3) is 0.471. The molecule has 0 bridgehead atoms. The zero-order valence-corrected chi connectivity index (χ0v) is 14.3. The van der Waals surface area contributed by atoms with Gasteiger partial charge in [0.25, 0.3) is 11.7 Å². The second-order valence-corrected chi connectivity index (χ2v) is 6.82. The first-order valence-electron chi connectivity index (χ1n) is 7.91. The van der Waals surface area contributed by atoms with Crippen molar-refractivity contribution >= 4 is 23.5 Å². The summed E-state index contributed by atoms with van der Waals surface area (Å²) in [6.45, 7) is 5.33. The molecule has 136 valence electrons. The highest BCUT2D eigenvalue weighted by Crippen LogP contribution is 2.28. The molecule has 2 unspecified atom stereocenters. The lowest BCUT2D eigenvalue weighted by molar-refractivity contribution is -0.112. The molecule has 8 heteroatoms. The number of ether oxygens (including phenoxy) is 1. The summed E-state index contributed by atoms with van der Waals surface area (Å²) >= 11 is 0. The molecule has 25 heavy (non-hydrogen) atoms. The molecule has 0 spiro atoms. The molecule has 0 saturated carbocycles. The summed E-state index contributed by atoms with van der Waals surface area (Å²) in [6.07, 6.45) is -2.87. The smallest absolute Gasteiger partial charge is 0.407 e. The van der Waals surface area contributed by atoms with Gasteiger partial charge in [0.05, 0.1) is 17.4 Å². The van der Waals surface area contributed by atoms with Gasteiger partial charge in [-0.05, 0) is 44.9 Å². The topological polar surface area (TPSA) is 125 Å². The molecular formula is C17H22N2O6. The van der Waals surface area contributed by atoms with E-state index >= 15 is 0 Å². The number of hydrogen-bond donors (Lipinski definition) is 4. The highest BCUT2D eigenvalue weighted by atomic mass is 16.6. The van der Waals surface area contributed by atoms with Crippen molar-refractivity contribution in [3.05, 3.63) is 29.3 Å². The lowest BCUT2D eigenvalue weighted by Crippen LogP contribution is -2.34. The standard InChI is InChI=1S/C17H22N2O6/c1-17(2,3)25-16(24)18-7-6-12(20)13(21)9-4-5-10-11(8-9)19-15(23)14(10)22/h4-5,8,12-13,20-21H,6-7H2,1-3H3,(H,18,24)(H,19,22,23). The second-order valence-electron chi connectivity index (χ2n) is 6.82. The number of anilines is 1. The van der Waals surface area contributed by atoms with E-state index in [0.29, 0.717) is 11.3 Å². The molecule has 1 aromatic carbocycles. The Hall–Kier alpha value is -2.45. The third kappa shape index (κ3) is 4.77. The minimum Gasteiger partial charge on any atom is -0.444 e. The average molecular weight is 350 g/mol. The molecule has 0 aromatic heterocycles. The van der Waals surface area contributed by atoms with Gasteiger partial charge >= 0.3 is 6.09 Å². The van der Waals surface area contributed by atoms with Crippen LogP contribution in [-0.2, 0) is 9.53 Å². The van der Waals surface area contributed by atoms with E-state index in [1.165, 1.54) is 18.2 Å². The van der Waals surface area contributed by atoms with Crippen molar-refractivity contribution in [2.75, 3.05) is 11.9 Å². The van der Waals surface area contributed by atoms with E-state index in [0.717, 1.165) is 0 Å². The van der Waals surface area contributed by atoms with Crippen LogP contribution in [0.4, 0.5) is 10.5 Å². The summed E-state index contributed by atoms with van der Waals surface area (Å²) in [7, 11) is 0. The van der Waals surface area contributed by atoms with Crippen molar-refractivity contribution in [2.24, 2.45) is 0 Å². The molecule has 1 aliphatic rings. The number of Topliss-reactive ketones (excluding diaryl/α,β-unsaturated/α-hetero) is 1. The molecule has 0 aliphatic carbocycles. The normalized spacial score (nSPS) is 16.0. The molecule has 0 radical (unpaired) electrons. The predicted octanol–water partition coefficient (Wildman–Crippen LogP) is 1.13. The van der Waals surface area contributed by atoms with E-state index in [-0.39, 0.29) is 18.5 Å². The number of alkyl carbamates (subject to hydrolysis) is 1. The van der Waals surface area contributed by atoms with Gasteiger partial charge in [0.15, 0.2) is 0 Å². The van der Waals surface area contributed by atoms with Crippen LogP contribution in [0.3, 0.4) is 0 Å². The van der Waals surface area contributed by atoms with Gasteiger partial charge in [-0.2, -0.15) is 0 Å². The molecule has 1 heterocycles. The number of carbonyl (C=O) groups excluding carboxylic acids is 3. The number of ketones is 1. The third-order valence-electron chi connectivity index (χ3n) is 3.56. The number of fused-ring (bicyclic) bond motifs is 1. The van der Waals surface area contributed by atoms with Crippen LogP contribution in [0.5, 0.6) is 0 Å². The van der Waals surface area contributed by atoms with Gasteiger partial charge in [0, 0.05) is 6.54 Å². The molecule has 2 atom stereocenters. The Balaban J connectivity index is 1.89. The van der Waals surface area contributed by atoms with Gasteiger partial charge in [-0.15, -0.1) is 0 Å². The summed E-state index contributed by atoms with van der Waals surface area (Å²) in [5.41, 5.74) is 0.292. The van der Waals surface area contributed by atoms with Crippen LogP contribution in [0.2, 0.25) is 0 Å². The van der Waals surface area contributed by atoms with Crippen LogP contribution in [-0.4, -0.2) is 46.2 Å². The Morgan fingerprint density at radius 3 is 2.60 bits per heavy atom. The lowest BCUT2D eigenvalue weighted by atomic mass is 9.99. The van der Waals surface area contributed by atoms with Crippen LogP contribution >= 0.6 is 0 Å². The Bertz CT molecular complexity index is 695. The molecule has 1 aromatic rings. The maximum Gasteiger partial charge on any atom is 0.407 e. The molecule has 2 amide bonds. The molecule has 8 nitrogen and oxygen atoms in total. The van der Waals surface area contributed by atoms with Gasteiger partial charge in [0.2, 0.25) is 0 Å². The number of aliphatic hydroxyl groups excluding tert-OH is 2. The van der Waals surface area contributed by atoms with E-state index in [2.05, 4.69) is 10.6 Å². The average Bonchev–Trinajstić information content (AvgIpc) is 2.78. The monoisotopic (exact) mass is 350 g/mol. The van der Waals surface area contributed by atoms with Gasteiger partial charge in [-0.25, -0.2) is 4.79 Å². The largest absolute Gasteiger partial charge is 0.444 e. The van der Waals surface area contributed by atoms with Crippen molar-refractivity contribution in [1.82, 2.24) is 5.32 Å². The fourth-order valence-corrected chi connectivity index (χ4v) is 2.36. The molecule has 1 aliphatic heterocycles. The number of benzene rings is 1. The van der Waals surface area contributed by atoms with E-state index in [1.807, 2.05) is 0 Å². The van der Waals surface area contributed by atoms with Gasteiger partial charge < -0.3 is 25.6 Å². The summed E-state index contributed by atoms with van der Waals surface area (Å²) in [4.78, 5) is 34.4. The summed E-state index contributed by atoms with van der Waals surface area (Å²) in [5, 5.41) is 25.2. The van der Waals surface area contributed by atoms with Crippen molar-refractivity contribution in [3.63, 3.8) is 0 Å². The Morgan fingerprint density at radius 1 is 1.28 bits per heavy atom. The second kappa shape index (κ2) is 7.20. The van der Waals surface area contributed by atoms with E-state index < -0.39 is 35.6 Å². The van der Waals surface area contributed by atoms with Gasteiger partial charge in [0.1, 0.15) is 11.7 Å².